The van der Waals surface area contributed by atoms with Crippen molar-refractivity contribution in [1.82, 2.24) is 20.8 Å². The van der Waals surface area contributed by atoms with Crippen LogP contribution in [-0.4, -0.2) is 41.3 Å². The molecule has 0 spiro atoms. The number of carbonyl (C=O) groups is 3. The molecule has 0 radical (unpaired) electrons. The summed E-state index contributed by atoms with van der Waals surface area (Å²) in [4.78, 5) is 36.5. The summed E-state index contributed by atoms with van der Waals surface area (Å²) >= 11 is 0. The molecule has 4 N–H and O–H groups in total. The highest BCUT2D eigenvalue weighted by Crippen LogP contribution is 2.44. The van der Waals surface area contributed by atoms with Gasteiger partial charge >= 0.3 is 6.09 Å². The number of nitrogens with two attached hydrogens (primary N) is 1. The van der Waals surface area contributed by atoms with Crippen LogP contribution in [0.25, 0.3) is 11.1 Å². The van der Waals surface area contributed by atoms with Crippen LogP contribution in [0.5, 0.6) is 0 Å². The Balaban J connectivity index is 1.11. The number of rotatable bonds is 12. The van der Waals surface area contributed by atoms with Gasteiger partial charge in [0.2, 0.25) is 17.7 Å². The van der Waals surface area contributed by atoms with Gasteiger partial charge in [-0.15, -0.1) is 10.2 Å². The van der Waals surface area contributed by atoms with Crippen LogP contribution < -0.4 is 16.4 Å². The Bertz CT molecular complexity index is 1470. The second-order valence-electron chi connectivity index (χ2n) is 9.82. The number of ether oxygens (including phenoxy) is 1. The number of nitrogens with one attached hydrogen (secondary N) is 2. The Labute approximate surface area is 237 Å². The third-order valence-corrected chi connectivity index (χ3v) is 6.98. The van der Waals surface area contributed by atoms with E-state index in [1.54, 1.807) is 24.3 Å². The first kappa shape index (κ1) is 27.6. The van der Waals surface area contributed by atoms with E-state index in [2.05, 4.69) is 45.1 Å². The van der Waals surface area contributed by atoms with Gasteiger partial charge < -0.3 is 25.5 Å². The summed E-state index contributed by atoms with van der Waals surface area (Å²) in [5.41, 5.74) is 10.4. The monoisotopic (exact) mass is 553 g/mol. The van der Waals surface area contributed by atoms with Gasteiger partial charge in [0, 0.05) is 18.0 Å². The molecule has 1 aromatic heterocycles. The van der Waals surface area contributed by atoms with Crippen LogP contribution in [0, 0.1) is 0 Å². The molecular weight excluding hydrogens is 522 g/mol. The van der Waals surface area contributed by atoms with E-state index >= 15 is 0 Å². The summed E-state index contributed by atoms with van der Waals surface area (Å²) in [6.45, 7) is 0.644. The van der Waals surface area contributed by atoms with E-state index in [1.807, 2.05) is 30.3 Å². The summed E-state index contributed by atoms with van der Waals surface area (Å²) in [5, 5.41) is 13.6. The maximum atomic E-state index is 12.8. The average molecular weight is 554 g/mol. The van der Waals surface area contributed by atoms with E-state index in [-0.39, 0.29) is 36.6 Å². The maximum absolute atomic E-state index is 12.8. The van der Waals surface area contributed by atoms with Gasteiger partial charge in [0.15, 0.2) is 0 Å². The fraction of sp³-hybridized carbons (Fsp3) is 0.258. The van der Waals surface area contributed by atoms with Crippen LogP contribution in [0.1, 0.15) is 64.5 Å². The number of aromatic nitrogens is 2. The van der Waals surface area contributed by atoms with Crippen LogP contribution >= 0.6 is 0 Å². The highest BCUT2D eigenvalue weighted by atomic mass is 16.5. The van der Waals surface area contributed by atoms with E-state index in [0.29, 0.717) is 31.4 Å². The lowest BCUT2D eigenvalue weighted by Gasteiger charge is -2.16. The van der Waals surface area contributed by atoms with Gasteiger partial charge in [-0.05, 0) is 53.6 Å². The molecule has 0 saturated heterocycles. The van der Waals surface area contributed by atoms with Gasteiger partial charge in [-0.1, -0.05) is 66.7 Å². The molecule has 5 rings (SSSR count). The Morgan fingerprint density at radius 3 is 2.22 bits per heavy atom. The zero-order valence-corrected chi connectivity index (χ0v) is 22.4. The molecule has 210 valence electrons. The highest BCUT2D eigenvalue weighted by molar-refractivity contribution is 5.94. The lowest BCUT2D eigenvalue weighted by Crippen LogP contribution is -2.29. The predicted molar refractivity (Wildman–Crippen MR) is 151 cm³/mol. The van der Waals surface area contributed by atoms with Gasteiger partial charge in [-0.25, -0.2) is 4.79 Å². The SMILES string of the molecule is NC(=O)Cc1nnc([C@H](CCCCNC(=O)OCC2c3ccccc3-c3ccccc32)NC(=O)c2ccccc2)o1. The van der Waals surface area contributed by atoms with Gasteiger partial charge in [-0.2, -0.15) is 0 Å². The largest absolute Gasteiger partial charge is 0.449 e. The topological polar surface area (TPSA) is 149 Å². The number of unbranched alkanes of at least 4 members (excludes halogenated alkanes) is 1. The molecule has 41 heavy (non-hydrogen) atoms. The molecule has 0 unspecified atom stereocenters. The number of hydrogen-bond acceptors (Lipinski definition) is 7. The number of fused-ring (bicyclic) bond motifs is 3. The minimum atomic E-state index is -0.593. The maximum Gasteiger partial charge on any atom is 0.407 e. The summed E-state index contributed by atoms with van der Waals surface area (Å²) < 4.78 is 11.2. The molecule has 0 saturated carbocycles. The molecule has 3 amide bonds. The zero-order chi connectivity index (χ0) is 28.6. The van der Waals surface area contributed by atoms with Crippen molar-refractivity contribution in [2.24, 2.45) is 5.73 Å². The van der Waals surface area contributed by atoms with Crippen molar-refractivity contribution in [1.29, 1.82) is 0 Å². The van der Waals surface area contributed by atoms with Crippen molar-refractivity contribution >= 4 is 17.9 Å². The first-order chi connectivity index (χ1) is 20.0. The fourth-order valence-corrected chi connectivity index (χ4v) is 5.03. The lowest BCUT2D eigenvalue weighted by atomic mass is 9.98. The van der Waals surface area contributed by atoms with Gasteiger partial charge in [0.1, 0.15) is 19.1 Å². The van der Waals surface area contributed by atoms with Crippen molar-refractivity contribution in [3.63, 3.8) is 0 Å². The van der Waals surface area contributed by atoms with Crippen molar-refractivity contribution in [2.75, 3.05) is 13.2 Å². The average Bonchev–Trinajstić information content (AvgIpc) is 3.57. The van der Waals surface area contributed by atoms with Crippen molar-refractivity contribution < 1.29 is 23.5 Å². The van der Waals surface area contributed by atoms with E-state index < -0.39 is 18.0 Å². The first-order valence-electron chi connectivity index (χ1n) is 13.5. The number of nitrogens with zero attached hydrogens (tertiary/aromatic N) is 2. The molecule has 0 aliphatic heterocycles. The van der Waals surface area contributed by atoms with E-state index in [4.69, 9.17) is 14.9 Å². The standard InChI is InChI=1S/C31H31N5O5/c32-27(37)18-28-35-36-30(41-28)26(34-29(38)20-10-2-1-3-11-20)16-8-9-17-33-31(39)40-19-25-23-14-6-4-12-21(23)22-13-5-7-15-24(22)25/h1-7,10-15,25-26H,8-9,16-19H2,(H2,32,37)(H,33,39)(H,34,38)/t26-/m0/s1. The summed E-state index contributed by atoms with van der Waals surface area (Å²) in [6, 6.07) is 24.6. The Kier molecular flexibility index (Phi) is 8.68. The summed E-state index contributed by atoms with van der Waals surface area (Å²) in [7, 11) is 0. The molecule has 1 aliphatic carbocycles. The molecule has 0 fully saturated rings. The van der Waals surface area contributed by atoms with E-state index in [1.165, 1.54) is 11.1 Å². The molecule has 1 heterocycles. The minimum absolute atomic E-state index is 0.00371. The first-order valence-corrected chi connectivity index (χ1v) is 13.5. The van der Waals surface area contributed by atoms with Crippen LogP contribution in [0.3, 0.4) is 0 Å². The van der Waals surface area contributed by atoms with Gasteiger partial charge in [-0.3, -0.25) is 9.59 Å². The molecule has 1 aliphatic rings. The van der Waals surface area contributed by atoms with Crippen LogP contribution in [0.15, 0.2) is 83.3 Å². The Morgan fingerprint density at radius 2 is 1.54 bits per heavy atom. The number of primary amides is 1. The smallest absolute Gasteiger partial charge is 0.407 e. The zero-order valence-electron chi connectivity index (χ0n) is 22.4. The highest BCUT2D eigenvalue weighted by Gasteiger charge is 2.29. The predicted octanol–water partition coefficient (Wildman–Crippen LogP) is 4.28. The molecule has 3 aromatic carbocycles. The second kappa shape index (κ2) is 12.9. The fourth-order valence-electron chi connectivity index (χ4n) is 5.03. The molecule has 10 heteroatoms. The van der Waals surface area contributed by atoms with Crippen molar-refractivity contribution in [3.05, 3.63) is 107 Å². The summed E-state index contributed by atoms with van der Waals surface area (Å²) in [5.74, 6) is -0.610. The third-order valence-electron chi connectivity index (χ3n) is 6.98. The van der Waals surface area contributed by atoms with Crippen LogP contribution in [0.4, 0.5) is 4.79 Å². The quantitative estimate of drug-likeness (QED) is 0.222. The van der Waals surface area contributed by atoms with Gasteiger partial charge in [0.05, 0.1) is 0 Å². The minimum Gasteiger partial charge on any atom is -0.449 e. The number of hydrogen-bond donors (Lipinski definition) is 3. The molecule has 10 nitrogen and oxygen atoms in total. The summed E-state index contributed by atoms with van der Waals surface area (Å²) in [6.07, 6.45) is 1.08. The van der Waals surface area contributed by atoms with Crippen molar-refractivity contribution in [2.45, 2.75) is 37.6 Å². The molecule has 4 aromatic rings. The molecule has 0 bridgehead atoms. The number of carbonyl (C=O) groups excluding carboxylic acids is 3. The second-order valence-corrected chi connectivity index (χ2v) is 9.82. The Morgan fingerprint density at radius 1 is 0.878 bits per heavy atom. The van der Waals surface area contributed by atoms with Gasteiger partial charge in [0.25, 0.3) is 5.91 Å². The van der Waals surface area contributed by atoms with Crippen LogP contribution in [-0.2, 0) is 16.0 Å². The van der Waals surface area contributed by atoms with Crippen molar-refractivity contribution in [3.8, 4) is 11.1 Å². The Hall–Kier alpha value is -4.99. The molecular formula is C31H31N5O5. The van der Waals surface area contributed by atoms with E-state index in [0.717, 1.165) is 11.1 Å². The molecule has 1 atom stereocenters. The third kappa shape index (κ3) is 6.78. The lowest BCUT2D eigenvalue weighted by molar-refractivity contribution is -0.117. The normalized spacial score (nSPS) is 12.7. The van der Waals surface area contributed by atoms with E-state index in [9.17, 15) is 14.4 Å². The van der Waals surface area contributed by atoms with Crippen LogP contribution in [0.2, 0.25) is 0 Å². The number of alkyl carbamates (subject to hydrolysis) is 1. The number of benzene rings is 3. The number of amides is 3.